The van der Waals surface area contributed by atoms with Crippen molar-refractivity contribution in [3.63, 3.8) is 0 Å². The van der Waals surface area contributed by atoms with Crippen LogP contribution in [0.3, 0.4) is 0 Å². The van der Waals surface area contributed by atoms with E-state index in [4.69, 9.17) is 4.74 Å². The maximum absolute atomic E-state index is 5.68. The summed E-state index contributed by atoms with van der Waals surface area (Å²) in [4.78, 5) is 9.17. The van der Waals surface area contributed by atoms with Crippen LogP contribution in [0.2, 0.25) is 0 Å². The number of imidazole rings is 1. The highest BCUT2D eigenvalue weighted by Crippen LogP contribution is 2.13. The molecule has 0 aliphatic heterocycles. The lowest BCUT2D eigenvalue weighted by Gasteiger charge is -2.11. The maximum Gasteiger partial charge on any atom is 0.191 e. The zero-order valence-electron chi connectivity index (χ0n) is 14.7. The van der Waals surface area contributed by atoms with Gasteiger partial charge < -0.3 is 19.8 Å². The number of rotatable bonds is 7. The highest BCUT2D eigenvalue weighted by molar-refractivity contribution is 9.10. The molecule has 0 spiro atoms. The molecule has 0 fully saturated rings. The molecule has 0 radical (unpaired) electrons. The summed E-state index contributed by atoms with van der Waals surface area (Å²) in [6.07, 6.45) is 3.98. The lowest BCUT2D eigenvalue weighted by molar-refractivity contribution is 0.322. The minimum atomic E-state index is 0.508. The van der Waals surface area contributed by atoms with E-state index in [1.54, 1.807) is 0 Å². The van der Waals surface area contributed by atoms with Crippen LogP contribution >= 0.6 is 15.9 Å². The summed E-state index contributed by atoms with van der Waals surface area (Å²) in [6, 6.07) is 13.7. The van der Waals surface area contributed by atoms with Crippen LogP contribution in [0.25, 0.3) is 5.65 Å². The van der Waals surface area contributed by atoms with Crippen molar-refractivity contribution in [2.24, 2.45) is 4.99 Å². The van der Waals surface area contributed by atoms with Crippen LogP contribution in [-0.4, -0.2) is 35.0 Å². The van der Waals surface area contributed by atoms with Gasteiger partial charge in [0.15, 0.2) is 5.96 Å². The summed E-state index contributed by atoms with van der Waals surface area (Å²) in [5.74, 6) is 1.62. The number of halogens is 1. The molecule has 136 valence electrons. The Morgan fingerprint density at radius 1 is 1.15 bits per heavy atom. The monoisotopic (exact) mass is 415 g/mol. The molecule has 0 saturated carbocycles. The second kappa shape index (κ2) is 9.24. The summed E-state index contributed by atoms with van der Waals surface area (Å²) in [5.41, 5.74) is 1.83. The Hall–Kier alpha value is -2.54. The van der Waals surface area contributed by atoms with Gasteiger partial charge in [0.05, 0.1) is 18.8 Å². The van der Waals surface area contributed by atoms with Gasteiger partial charge in [0.2, 0.25) is 0 Å². The van der Waals surface area contributed by atoms with Crippen LogP contribution in [0.15, 0.2) is 64.3 Å². The van der Waals surface area contributed by atoms with E-state index in [1.807, 2.05) is 66.2 Å². The smallest absolute Gasteiger partial charge is 0.191 e. The summed E-state index contributed by atoms with van der Waals surface area (Å²) in [5, 5.41) is 6.51. The molecule has 1 aromatic carbocycles. The Bertz CT molecular complexity index is 863. The number of hydrogen-bond acceptors (Lipinski definition) is 3. The van der Waals surface area contributed by atoms with E-state index in [0.29, 0.717) is 19.7 Å². The molecular weight excluding hydrogens is 394 g/mol. The number of fused-ring (bicyclic) bond motifs is 1. The molecule has 3 aromatic rings. The fourth-order valence-electron chi connectivity index (χ4n) is 2.45. The third kappa shape index (κ3) is 5.23. The molecule has 2 N–H and O–H groups in total. The minimum Gasteiger partial charge on any atom is -0.492 e. The summed E-state index contributed by atoms with van der Waals surface area (Å²) in [6.45, 7) is 4.58. The van der Waals surface area contributed by atoms with Crippen LogP contribution in [0.4, 0.5) is 0 Å². The highest BCUT2D eigenvalue weighted by Gasteiger charge is 2.03. The summed E-state index contributed by atoms with van der Waals surface area (Å²) in [7, 11) is 0. The van der Waals surface area contributed by atoms with Gasteiger partial charge >= 0.3 is 0 Å². The third-order valence-electron chi connectivity index (χ3n) is 3.61. The first-order valence-electron chi connectivity index (χ1n) is 8.58. The van der Waals surface area contributed by atoms with E-state index in [-0.39, 0.29) is 0 Å². The SMILES string of the molecule is CCNC(=NCc1cn2cc(Br)ccc2n1)NCCOc1ccccc1. The topological polar surface area (TPSA) is 63.0 Å². The van der Waals surface area contributed by atoms with Gasteiger partial charge in [-0.3, -0.25) is 0 Å². The lowest BCUT2D eigenvalue weighted by Crippen LogP contribution is -2.39. The Kier molecular flexibility index (Phi) is 6.49. The predicted molar refractivity (Wildman–Crippen MR) is 108 cm³/mol. The van der Waals surface area contributed by atoms with Crippen molar-refractivity contribution in [1.82, 2.24) is 20.0 Å². The van der Waals surface area contributed by atoms with Crippen molar-refractivity contribution in [2.75, 3.05) is 19.7 Å². The number of ether oxygens (including phenoxy) is 1. The van der Waals surface area contributed by atoms with E-state index in [2.05, 4.69) is 36.5 Å². The number of benzene rings is 1. The zero-order valence-corrected chi connectivity index (χ0v) is 16.2. The average Bonchev–Trinajstić information content (AvgIpc) is 3.06. The third-order valence-corrected chi connectivity index (χ3v) is 4.08. The molecular formula is C19H22BrN5O. The fraction of sp³-hybridized carbons (Fsp3) is 0.263. The van der Waals surface area contributed by atoms with Crippen molar-refractivity contribution in [3.05, 3.63) is 65.0 Å². The van der Waals surface area contributed by atoms with Crippen molar-refractivity contribution < 1.29 is 4.74 Å². The average molecular weight is 416 g/mol. The lowest BCUT2D eigenvalue weighted by atomic mass is 10.3. The van der Waals surface area contributed by atoms with Crippen LogP contribution in [0, 0.1) is 0 Å². The largest absolute Gasteiger partial charge is 0.492 e. The van der Waals surface area contributed by atoms with Gasteiger partial charge in [-0.05, 0) is 47.1 Å². The van der Waals surface area contributed by atoms with Crippen LogP contribution in [0.5, 0.6) is 5.75 Å². The Labute approximate surface area is 161 Å². The summed E-state index contributed by atoms with van der Waals surface area (Å²) >= 11 is 3.47. The van der Waals surface area contributed by atoms with Gasteiger partial charge in [-0.25, -0.2) is 9.98 Å². The number of para-hydroxylation sites is 1. The molecule has 0 saturated heterocycles. The van der Waals surface area contributed by atoms with E-state index >= 15 is 0 Å². The van der Waals surface area contributed by atoms with Gasteiger partial charge in [0.1, 0.15) is 18.0 Å². The molecule has 0 aliphatic carbocycles. The molecule has 26 heavy (non-hydrogen) atoms. The van der Waals surface area contributed by atoms with Crippen molar-refractivity contribution >= 4 is 27.5 Å². The van der Waals surface area contributed by atoms with E-state index in [1.165, 1.54) is 0 Å². The maximum atomic E-state index is 5.68. The number of pyridine rings is 1. The number of nitrogens with zero attached hydrogens (tertiary/aromatic N) is 3. The van der Waals surface area contributed by atoms with Gasteiger partial charge in [0.25, 0.3) is 0 Å². The molecule has 0 aliphatic rings. The molecule has 6 nitrogen and oxygen atoms in total. The Morgan fingerprint density at radius 3 is 2.81 bits per heavy atom. The molecule has 3 rings (SSSR count). The first kappa shape index (κ1) is 18.3. The molecule has 0 bridgehead atoms. The number of hydrogen-bond donors (Lipinski definition) is 2. The molecule has 2 heterocycles. The van der Waals surface area contributed by atoms with Crippen molar-refractivity contribution in [3.8, 4) is 5.75 Å². The van der Waals surface area contributed by atoms with E-state index < -0.39 is 0 Å². The van der Waals surface area contributed by atoms with Crippen LogP contribution in [-0.2, 0) is 6.54 Å². The predicted octanol–water partition coefficient (Wildman–Crippen LogP) is 3.23. The second-order valence-electron chi connectivity index (χ2n) is 5.63. The molecule has 2 aromatic heterocycles. The second-order valence-corrected chi connectivity index (χ2v) is 6.54. The van der Waals surface area contributed by atoms with Crippen LogP contribution < -0.4 is 15.4 Å². The first-order chi connectivity index (χ1) is 12.7. The van der Waals surface area contributed by atoms with Gasteiger partial charge in [-0.15, -0.1) is 0 Å². The molecule has 0 amide bonds. The van der Waals surface area contributed by atoms with Crippen LogP contribution in [0.1, 0.15) is 12.6 Å². The van der Waals surface area contributed by atoms with Gasteiger partial charge in [-0.1, -0.05) is 18.2 Å². The standard InChI is InChI=1S/C19H22BrN5O/c1-2-21-19(22-10-11-26-17-6-4-3-5-7-17)23-12-16-14-25-13-15(20)8-9-18(25)24-16/h3-9,13-14H,2,10-12H2,1H3,(H2,21,22,23). The van der Waals surface area contributed by atoms with Crippen molar-refractivity contribution in [1.29, 1.82) is 0 Å². The van der Waals surface area contributed by atoms with Gasteiger partial charge in [0, 0.05) is 23.4 Å². The summed E-state index contributed by atoms with van der Waals surface area (Å²) < 4.78 is 8.69. The van der Waals surface area contributed by atoms with Gasteiger partial charge in [-0.2, -0.15) is 0 Å². The highest BCUT2D eigenvalue weighted by atomic mass is 79.9. The number of aliphatic imine (C=N–C) groups is 1. The quantitative estimate of drug-likeness (QED) is 0.353. The minimum absolute atomic E-state index is 0.508. The zero-order chi connectivity index (χ0) is 18.2. The number of nitrogens with one attached hydrogen (secondary N) is 2. The van der Waals surface area contributed by atoms with E-state index in [0.717, 1.165) is 34.1 Å². The Balaban J connectivity index is 1.54. The molecule has 0 atom stereocenters. The fourth-order valence-corrected chi connectivity index (χ4v) is 2.80. The van der Waals surface area contributed by atoms with Crippen molar-refractivity contribution in [2.45, 2.75) is 13.5 Å². The Morgan fingerprint density at radius 2 is 2.00 bits per heavy atom. The first-order valence-corrected chi connectivity index (χ1v) is 9.37. The number of guanidine groups is 1. The molecule has 7 heteroatoms. The van der Waals surface area contributed by atoms with E-state index in [9.17, 15) is 0 Å². The normalized spacial score (nSPS) is 11.5. The molecule has 0 unspecified atom stereocenters. The number of aromatic nitrogens is 2.